The molecule has 0 saturated heterocycles. The van der Waals surface area contributed by atoms with Crippen molar-refractivity contribution in [2.75, 3.05) is 20.2 Å². The molecule has 0 aliphatic carbocycles. The van der Waals surface area contributed by atoms with E-state index in [-0.39, 0.29) is 11.9 Å². The SMILES string of the molecule is CCN(CC(=O)NC(C)C)Cc1ccc(C(=O)OC)cn1. The number of esters is 1. The van der Waals surface area contributed by atoms with Gasteiger partial charge in [-0.1, -0.05) is 6.92 Å². The summed E-state index contributed by atoms with van der Waals surface area (Å²) >= 11 is 0. The Balaban J connectivity index is 2.60. The zero-order valence-electron chi connectivity index (χ0n) is 13.0. The van der Waals surface area contributed by atoms with Gasteiger partial charge in [-0.15, -0.1) is 0 Å². The number of ether oxygens (including phenoxy) is 1. The van der Waals surface area contributed by atoms with Gasteiger partial charge in [0.05, 0.1) is 24.9 Å². The fraction of sp³-hybridized carbons (Fsp3) is 0.533. The molecule has 0 aliphatic heterocycles. The van der Waals surface area contributed by atoms with Gasteiger partial charge in [-0.3, -0.25) is 14.7 Å². The molecule has 0 aromatic carbocycles. The summed E-state index contributed by atoms with van der Waals surface area (Å²) in [6.45, 7) is 7.48. The minimum atomic E-state index is -0.405. The minimum Gasteiger partial charge on any atom is -0.465 e. The average molecular weight is 293 g/mol. The van der Waals surface area contributed by atoms with Gasteiger partial charge in [0.15, 0.2) is 0 Å². The molecule has 0 radical (unpaired) electrons. The van der Waals surface area contributed by atoms with E-state index < -0.39 is 5.97 Å². The van der Waals surface area contributed by atoms with Crippen molar-refractivity contribution in [3.05, 3.63) is 29.6 Å². The van der Waals surface area contributed by atoms with Crippen LogP contribution >= 0.6 is 0 Å². The lowest BCUT2D eigenvalue weighted by atomic mass is 10.2. The van der Waals surface area contributed by atoms with E-state index in [0.717, 1.165) is 12.2 Å². The maximum absolute atomic E-state index is 11.8. The molecule has 0 atom stereocenters. The molecule has 6 nitrogen and oxygen atoms in total. The maximum Gasteiger partial charge on any atom is 0.339 e. The van der Waals surface area contributed by atoms with Gasteiger partial charge in [-0.2, -0.15) is 0 Å². The van der Waals surface area contributed by atoms with Crippen molar-refractivity contribution in [2.45, 2.75) is 33.4 Å². The minimum absolute atomic E-state index is 0.00182. The van der Waals surface area contributed by atoms with Crippen LogP contribution < -0.4 is 5.32 Å². The van der Waals surface area contributed by atoms with Gasteiger partial charge in [0.25, 0.3) is 0 Å². The van der Waals surface area contributed by atoms with E-state index in [1.165, 1.54) is 13.3 Å². The largest absolute Gasteiger partial charge is 0.465 e. The number of methoxy groups -OCH3 is 1. The highest BCUT2D eigenvalue weighted by molar-refractivity contribution is 5.88. The molecule has 1 aromatic heterocycles. The first-order valence-electron chi connectivity index (χ1n) is 7.01. The molecule has 21 heavy (non-hydrogen) atoms. The number of nitrogens with one attached hydrogen (secondary N) is 1. The lowest BCUT2D eigenvalue weighted by Gasteiger charge is -2.20. The van der Waals surface area contributed by atoms with Crippen molar-refractivity contribution in [1.29, 1.82) is 0 Å². The Kier molecular flexibility index (Phi) is 6.81. The molecule has 1 rings (SSSR count). The zero-order chi connectivity index (χ0) is 15.8. The van der Waals surface area contributed by atoms with Crippen molar-refractivity contribution in [2.24, 2.45) is 0 Å². The van der Waals surface area contributed by atoms with E-state index in [1.807, 2.05) is 25.7 Å². The van der Waals surface area contributed by atoms with Gasteiger partial charge in [0, 0.05) is 18.8 Å². The van der Waals surface area contributed by atoms with Gasteiger partial charge in [-0.25, -0.2) is 4.79 Å². The summed E-state index contributed by atoms with van der Waals surface area (Å²) in [5, 5.41) is 2.86. The summed E-state index contributed by atoms with van der Waals surface area (Å²) in [7, 11) is 1.34. The summed E-state index contributed by atoms with van der Waals surface area (Å²) in [4.78, 5) is 29.3. The van der Waals surface area contributed by atoms with E-state index >= 15 is 0 Å². The normalized spacial score (nSPS) is 10.8. The van der Waals surface area contributed by atoms with Crippen LogP contribution in [0, 0.1) is 0 Å². The summed E-state index contributed by atoms with van der Waals surface area (Å²) in [6, 6.07) is 3.58. The lowest BCUT2D eigenvalue weighted by molar-refractivity contribution is -0.122. The Hall–Kier alpha value is -1.95. The zero-order valence-corrected chi connectivity index (χ0v) is 13.0. The highest BCUT2D eigenvalue weighted by Gasteiger charge is 2.12. The molecule has 0 aliphatic rings. The Bertz CT molecular complexity index is 472. The van der Waals surface area contributed by atoms with Crippen LogP contribution in [0.15, 0.2) is 18.3 Å². The Morgan fingerprint density at radius 3 is 2.57 bits per heavy atom. The third-order valence-corrected chi connectivity index (χ3v) is 2.90. The van der Waals surface area contributed by atoms with Crippen LogP contribution in [-0.2, 0) is 16.1 Å². The van der Waals surface area contributed by atoms with Crippen LogP contribution in [0.3, 0.4) is 0 Å². The molecule has 1 aromatic rings. The van der Waals surface area contributed by atoms with Crippen LogP contribution in [0.25, 0.3) is 0 Å². The third-order valence-electron chi connectivity index (χ3n) is 2.90. The number of amides is 1. The molecule has 6 heteroatoms. The number of likely N-dealkylation sites (N-methyl/N-ethyl adjacent to an activating group) is 1. The van der Waals surface area contributed by atoms with E-state index in [2.05, 4.69) is 15.0 Å². The third kappa shape index (κ3) is 5.91. The number of nitrogens with zero attached hydrogens (tertiary/aromatic N) is 2. The van der Waals surface area contributed by atoms with E-state index in [9.17, 15) is 9.59 Å². The van der Waals surface area contributed by atoms with Crippen LogP contribution in [-0.4, -0.2) is 48.0 Å². The second kappa shape index (κ2) is 8.36. The highest BCUT2D eigenvalue weighted by atomic mass is 16.5. The predicted octanol–water partition coefficient (Wildman–Crippen LogP) is 1.21. The smallest absolute Gasteiger partial charge is 0.339 e. The summed E-state index contributed by atoms with van der Waals surface area (Å²) in [6.07, 6.45) is 1.49. The van der Waals surface area contributed by atoms with Gasteiger partial charge in [0.2, 0.25) is 5.91 Å². The van der Waals surface area contributed by atoms with Crippen molar-refractivity contribution >= 4 is 11.9 Å². The topological polar surface area (TPSA) is 71.5 Å². The van der Waals surface area contributed by atoms with Crippen LogP contribution in [0.5, 0.6) is 0 Å². The molecule has 1 heterocycles. The molecule has 0 spiro atoms. The fourth-order valence-corrected chi connectivity index (χ4v) is 1.84. The van der Waals surface area contributed by atoms with Gasteiger partial charge < -0.3 is 10.1 Å². The number of pyridine rings is 1. The van der Waals surface area contributed by atoms with Crippen LogP contribution in [0.4, 0.5) is 0 Å². The first kappa shape index (κ1) is 17.1. The van der Waals surface area contributed by atoms with E-state index in [0.29, 0.717) is 18.7 Å². The number of aromatic nitrogens is 1. The van der Waals surface area contributed by atoms with Gasteiger partial charge >= 0.3 is 5.97 Å². The molecule has 0 fully saturated rings. The Labute approximate surface area is 125 Å². The van der Waals surface area contributed by atoms with Crippen molar-refractivity contribution < 1.29 is 14.3 Å². The lowest BCUT2D eigenvalue weighted by Crippen LogP contribution is -2.39. The van der Waals surface area contributed by atoms with Gasteiger partial charge in [-0.05, 0) is 32.5 Å². The van der Waals surface area contributed by atoms with E-state index in [4.69, 9.17) is 0 Å². The number of carbonyl (C=O) groups is 2. The Morgan fingerprint density at radius 1 is 1.38 bits per heavy atom. The number of hydrogen-bond donors (Lipinski definition) is 1. The molecule has 0 bridgehead atoms. The molecular weight excluding hydrogens is 270 g/mol. The molecule has 0 saturated carbocycles. The summed E-state index contributed by atoms with van der Waals surface area (Å²) < 4.78 is 4.63. The molecule has 116 valence electrons. The van der Waals surface area contributed by atoms with Crippen LogP contribution in [0.1, 0.15) is 36.8 Å². The van der Waals surface area contributed by atoms with Gasteiger partial charge in [0.1, 0.15) is 0 Å². The number of carbonyl (C=O) groups excluding carboxylic acids is 2. The quantitative estimate of drug-likeness (QED) is 0.765. The molecule has 1 N–H and O–H groups in total. The first-order valence-corrected chi connectivity index (χ1v) is 7.01. The fourth-order valence-electron chi connectivity index (χ4n) is 1.84. The summed E-state index contributed by atoms with van der Waals surface area (Å²) in [5.74, 6) is -0.407. The molecular formula is C15H23N3O3. The van der Waals surface area contributed by atoms with Crippen molar-refractivity contribution in [3.8, 4) is 0 Å². The first-order chi connectivity index (χ1) is 9.96. The predicted molar refractivity (Wildman–Crippen MR) is 79.8 cm³/mol. The monoisotopic (exact) mass is 293 g/mol. The standard InChI is InChI=1S/C15H23N3O3/c1-5-18(10-14(19)17-11(2)3)9-13-7-6-12(8-16-13)15(20)21-4/h6-8,11H,5,9-10H2,1-4H3,(H,17,19). The second-order valence-electron chi connectivity index (χ2n) is 5.06. The average Bonchev–Trinajstić information content (AvgIpc) is 2.45. The van der Waals surface area contributed by atoms with Crippen molar-refractivity contribution in [3.63, 3.8) is 0 Å². The maximum atomic E-state index is 11.8. The van der Waals surface area contributed by atoms with Crippen molar-refractivity contribution in [1.82, 2.24) is 15.2 Å². The number of hydrogen-bond acceptors (Lipinski definition) is 5. The van der Waals surface area contributed by atoms with Crippen LogP contribution in [0.2, 0.25) is 0 Å². The number of rotatable bonds is 7. The Morgan fingerprint density at radius 2 is 2.10 bits per heavy atom. The molecule has 0 unspecified atom stereocenters. The summed E-state index contributed by atoms with van der Waals surface area (Å²) in [5.41, 5.74) is 1.23. The highest BCUT2D eigenvalue weighted by Crippen LogP contribution is 2.05. The van der Waals surface area contributed by atoms with E-state index in [1.54, 1.807) is 12.1 Å². The second-order valence-corrected chi connectivity index (χ2v) is 5.06. The molecule has 1 amide bonds.